The molecule has 9 heteroatoms. The molecule has 1 aliphatic rings. The second-order valence-corrected chi connectivity index (χ2v) is 7.42. The van der Waals surface area contributed by atoms with Crippen LogP contribution in [0.5, 0.6) is 0 Å². The number of aliphatic carboxylic acids is 1. The third kappa shape index (κ3) is 5.75. The number of aliphatic hydroxyl groups excluding tert-OH is 1. The number of carbonyl (C=O) groups is 3. The van der Waals surface area contributed by atoms with Crippen LogP contribution in [0.1, 0.15) is 53.4 Å². The average Bonchev–Trinajstić information content (AvgIpc) is 2.98. The summed E-state index contributed by atoms with van der Waals surface area (Å²) in [6.07, 6.45) is 3.79. The van der Waals surface area contributed by atoms with Gasteiger partial charge in [-0.25, -0.2) is 4.79 Å². The lowest BCUT2D eigenvalue weighted by atomic mass is 9.95. The minimum atomic E-state index is -1.14. The molecular weight excluding hydrogens is 372 g/mol. The largest absolute Gasteiger partial charge is 0.480 e. The van der Waals surface area contributed by atoms with Crippen molar-refractivity contribution >= 4 is 34.2 Å². The summed E-state index contributed by atoms with van der Waals surface area (Å²) < 4.78 is 5.15. The average molecular weight is 398 g/mol. The number of nitrogens with one attached hydrogen (secondary N) is 2. The quantitative estimate of drug-likeness (QED) is 0.348. The molecule has 150 valence electrons. The van der Waals surface area contributed by atoms with E-state index in [0.717, 1.165) is 36.1 Å². The van der Waals surface area contributed by atoms with Crippen molar-refractivity contribution in [1.82, 2.24) is 5.32 Å². The Kier molecular flexibility index (Phi) is 8.21. The van der Waals surface area contributed by atoms with E-state index < -0.39 is 23.9 Å². The molecule has 1 unspecified atom stereocenters. The summed E-state index contributed by atoms with van der Waals surface area (Å²) in [6.45, 7) is 2.20. The number of aliphatic hydroxyl groups is 1. The first-order chi connectivity index (χ1) is 13.0. The standard InChI is InChI=1S/C18H26N2O6S/c1-2-26-18(25)15-11-6-3-4-7-13(11)27-16(15)20-14(22)10-12(17(23)24)19-8-5-9-21/h12,19,21H,2-10H2,1H3,(H,20,22)(H,23,24). The topological polar surface area (TPSA) is 125 Å². The summed E-state index contributed by atoms with van der Waals surface area (Å²) in [4.78, 5) is 37.2. The Hall–Kier alpha value is -1.97. The highest BCUT2D eigenvalue weighted by atomic mass is 32.1. The first-order valence-corrected chi connectivity index (χ1v) is 9.98. The Morgan fingerprint density at radius 1 is 1.26 bits per heavy atom. The van der Waals surface area contributed by atoms with Crippen LogP contribution >= 0.6 is 11.3 Å². The first kappa shape index (κ1) is 21.3. The minimum Gasteiger partial charge on any atom is -0.480 e. The van der Waals surface area contributed by atoms with E-state index in [1.165, 1.54) is 11.3 Å². The molecule has 1 aromatic rings. The SMILES string of the molecule is CCOC(=O)c1c(NC(=O)CC(NCCCO)C(=O)O)sc2c1CCCC2. The first-order valence-electron chi connectivity index (χ1n) is 9.16. The van der Waals surface area contributed by atoms with Crippen molar-refractivity contribution in [2.75, 3.05) is 25.1 Å². The summed E-state index contributed by atoms with van der Waals surface area (Å²) in [5.74, 6) is -2.08. The number of rotatable bonds is 10. The third-order valence-electron chi connectivity index (χ3n) is 4.32. The van der Waals surface area contributed by atoms with Gasteiger partial charge in [0.1, 0.15) is 11.0 Å². The van der Waals surface area contributed by atoms with Gasteiger partial charge in [0.2, 0.25) is 5.91 Å². The zero-order valence-corrected chi connectivity index (χ0v) is 16.2. The van der Waals surface area contributed by atoms with E-state index in [4.69, 9.17) is 9.84 Å². The molecule has 2 rings (SSSR count). The predicted octanol–water partition coefficient (Wildman–Crippen LogP) is 1.56. The molecule has 0 spiro atoms. The number of hydrogen-bond acceptors (Lipinski definition) is 7. The highest BCUT2D eigenvalue weighted by molar-refractivity contribution is 7.17. The molecule has 27 heavy (non-hydrogen) atoms. The molecule has 1 aromatic heterocycles. The zero-order valence-electron chi connectivity index (χ0n) is 15.4. The van der Waals surface area contributed by atoms with Crippen LogP contribution in [-0.4, -0.2) is 53.9 Å². The molecule has 0 fully saturated rings. The summed E-state index contributed by atoms with van der Waals surface area (Å²) in [5.41, 5.74) is 1.35. The van der Waals surface area contributed by atoms with Crippen molar-refractivity contribution in [1.29, 1.82) is 0 Å². The fourth-order valence-corrected chi connectivity index (χ4v) is 4.33. The second-order valence-electron chi connectivity index (χ2n) is 6.31. The van der Waals surface area contributed by atoms with Crippen molar-refractivity contribution in [2.24, 2.45) is 0 Å². The molecule has 1 amide bonds. The number of carboxylic acids is 1. The van der Waals surface area contributed by atoms with Crippen molar-refractivity contribution < 1.29 is 29.3 Å². The molecule has 1 aliphatic carbocycles. The molecule has 0 saturated heterocycles. The lowest BCUT2D eigenvalue weighted by Crippen LogP contribution is -2.40. The van der Waals surface area contributed by atoms with E-state index in [0.29, 0.717) is 23.5 Å². The van der Waals surface area contributed by atoms with Gasteiger partial charge in [0.15, 0.2) is 0 Å². The predicted molar refractivity (Wildman–Crippen MR) is 101 cm³/mol. The fraction of sp³-hybridized carbons (Fsp3) is 0.611. The summed E-state index contributed by atoms with van der Waals surface area (Å²) in [5, 5.41) is 23.9. The maximum atomic E-state index is 12.4. The van der Waals surface area contributed by atoms with Gasteiger partial charge in [-0.3, -0.25) is 9.59 Å². The Labute approximate surface area is 161 Å². The third-order valence-corrected chi connectivity index (χ3v) is 5.52. The number of esters is 1. The smallest absolute Gasteiger partial charge is 0.341 e. The van der Waals surface area contributed by atoms with Crippen molar-refractivity contribution in [3.8, 4) is 0 Å². The molecule has 0 radical (unpaired) electrons. The Morgan fingerprint density at radius 3 is 2.67 bits per heavy atom. The van der Waals surface area contributed by atoms with Crippen molar-refractivity contribution in [3.05, 3.63) is 16.0 Å². The number of aryl methyl sites for hydroxylation is 1. The van der Waals surface area contributed by atoms with Crippen LogP contribution in [0.4, 0.5) is 5.00 Å². The van der Waals surface area contributed by atoms with Crippen LogP contribution in [0.15, 0.2) is 0 Å². The number of thiophene rings is 1. The monoisotopic (exact) mass is 398 g/mol. The van der Waals surface area contributed by atoms with Gasteiger partial charge in [0.05, 0.1) is 18.6 Å². The summed E-state index contributed by atoms with van der Waals surface area (Å²) in [7, 11) is 0. The van der Waals surface area contributed by atoms with E-state index >= 15 is 0 Å². The van der Waals surface area contributed by atoms with Crippen molar-refractivity contribution in [2.45, 2.75) is 51.5 Å². The number of carbonyl (C=O) groups excluding carboxylic acids is 2. The summed E-state index contributed by atoms with van der Waals surface area (Å²) >= 11 is 1.37. The van der Waals surface area contributed by atoms with Crippen LogP contribution < -0.4 is 10.6 Å². The molecule has 4 N–H and O–H groups in total. The number of fused-ring (bicyclic) bond motifs is 1. The van der Waals surface area contributed by atoms with Crippen LogP contribution in [0.3, 0.4) is 0 Å². The zero-order chi connectivity index (χ0) is 19.8. The molecule has 0 aliphatic heterocycles. The van der Waals surface area contributed by atoms with Crippen LogP contribution in [0.2, 0.25) is 0 Å². The maximum absolute atomic E-state index is 12.4. The lowest BCUT2D eigenvalue weighted by molar-refractivity contribution is -0.141. The van der Waals surface area contributed by atoms with Crippen LogP contribution in [-0.2, 0) is 27.2 Å². The van der Waals surface area contributed by atoms with E-state index in [1.807, 2.05) is 0 Å². The highest BCUT2D eigenvalue weighted by Crippen LogP contribution is 2.38. The number of hydrogen-bond donors (Lipinski definition) is 4. The highest BCUT2D eigenvalue weighted by Gasteiger charge is 2.28. The van der Waals surface area contributed by atoms with Crippen molar-refractivity contribution in [3.63, 3.8) is 0 Å². The maximum Gasteiger partial charge on any atom is 0.341 e. The number of anilines is 1. The van der Waals surface area contributed by atoms with E-state index in [-0.39, 0.29) is 19.6 Å². The normalized spacial score (nSPS) is 14.3. The lowest BCUT2D eigenvalue weighted by Gasteiger charge is -2.14. The Bertz CT molecular complexity index is 688. The molecule has 0 bridgehead atoms. The van der Waals surface area contributed by atoms with Gasteiger partial charge < -0.3 is 25.6 Å². The van der Waals surface area contributed by atoms with Gasteiger partial charge in [0, 0.05) is 11.5 Å². The van der Waals surface area contributed by atoms with Crippen LogP contribution in [0.25, 0.3) is 0 Å². The van der Waals surface area contributed by atoms with Crippen LogP contribution in [0, 0.1) is 0 Å². The van der Waals surface area contributed by atoms with Gasteiger partial charge in [-0.1, -0.05) is 0 Å². The molecular formula is C18H26N2O6S. The van der Waals surface area contributed by atoms with Gasteiger partial charge >= 0.3 is 11.9 Å². The minimum absolute atomic E-state index is 0.0603. The Balaban J connectivity index is 2.13. The molecule has 1 heterocycles. The van der Waals surface area contributed by atoms with E-state index in [9.17, 15) is 19.5 Å². The second kappa shape index (κ2) is 10.4. The molecule has 0 aromatic carbocycles. The summed E-state index contributed by atoms with van der Waals surface area (Å²) in [6, 6.07) is -1.06. The molecule has 8 nitrogen and oxygen atoms in total. The van der Waals surface area contributed by atoms with Gasteiger partial charge in [-0.15, -0.1) is 11.3 Å². The van der Waals surface area contributed by atoms with Gasteiger partial charge in [-0.05, 0) is 51.1 Å². The van der Waals surface area contributed by atoms with Gasteiger partial charge in [0.25, 0.3) is 0 Å². The molecule has 1 atom stereocenters. The van der Waals surface area contributed by atoms with Gasteiger partial charge in [-0.2, -0.15) is 0 Å². The van der Waals surface area contributed by atoms with E-state index in [1.54, 1.807) is 6.92 Å². The number of amides is 1. The Morgan fingerprint density at radius 2 is 2.00 bits per heavy atom. The fourth-order valence-electron chi connectivity index (χ4n) is 3.04. The van der Waals surface area contributed by atoms with E-state index in [2.05, 4.69) is 10.6 Å². The number of carboxylic acid groups (broad SMARTS) is 1. The number of ether oxygens (including phenoxy) is 1. The molecule has 0 saturated carbocycles.